The molecule has 0 N–H and O–H groups in total. The highest BCUT2D eigenvalue weighted by Crippen LogP contribution is 2.32. The van der Waals surface area contributed by atoms with Gasteiger partial charge in [0.2, 0.25) is 0 Å². The van der Waals surface area contributed by atoms with Crippen LogP contribution in [0.5, 0.6) is 0 Å². The molecule has 1 aliphatic rings. The number of pyridine rings is 1. The third-order valence-corrected chi connectivity index (χ3v) is 3.03. The van der Waals surface area contributed by atoms with Gasteiger partial charge < -0.3 is 0 Å². The number of aryl methyl sites for hydroxylation is 1. The van der Waals surface area contributed by atoms with Gasteiger partial charge in [0.25, 0.3) is 0 Å². The first kappa shape index (κ1) is 8.74. The van der Waals surface area contributed by atoms with Crippen LogP contribution < -0.4 is 0 Å². The molecule has 70 valence electrons. The SMILES string of the molecule is CCc1ccc(C2CCCC2)nc1. The van der Waals surface area contributed by atoms with Gasteiger partial charge in [-0.15, -0.1) is 0 Å². The quantitative estimate of drug-likeness (QED) is 0.672. The van der Waals surface area contributed by atoms with Crippen LogP contribution in [0.1, 0.15) is 49.8 Å². The van der Waals surface area contributed by atoms with Crippen molar-refractivity contribution < 1.29 is 0 Å². The molecule has 0 unspecified atom stereocenters. The summed E-state index contributed by atoms with van der Waals surface area (Å²) in [5.41, 5.74) is 2.66. The molecule has 0 radical (unpaired) electrons. The maximum Gasteiger partial charge on any atom is 0.0434 e. The van der Waals surface area contributed by atoms with Gasteiger partial charge in [-0.2, -0.15) is 0 Å². The first-order valence-corrected chi connectivity index (χ1v) is 5.35. The van der Waals surface area contributed by atoms with E-state index in [1.54, 1.807) is 0 Å². The Hall–Kier alpha value is -0.850. The summed E-state index contributed by atoms with van der Waals surface area (Å²) in [7, 11) is 0. The van der Waals surface area contributed by atoms with Gasteiger partial charge >= 0.3 is 0 Å². The van der Waals surface area contributed by atoms with Crippen molar-refractivity contribution in [3.05, 3.63) is 29.6 Å². The lowest BCUT2D eigenvalue weighted by atomic mass is 10.0. The zero-order valence-electron chi connectivity index (χ0n) is 8.29. The molecule has 1 aromatic heterocycles. The number of aromatic nitrogens is 1. The lowest BCUT2D eigenvalue weighted by molar-refractivity contribution is 0.696. The van der Waals surface area contributed by atoms with E-state index >= 15 is 0 Å². The normalized spacial score (nSPS) is 17.9. The summed E-state index contributed by atoms with van der Waals surface area (Å²) in [5.74, 6) is 0.755. The Balaban J connectivity index is 2.12. The fourth-order valence-corrected chi connectivity index (χ4v) is 2.11. The predicted octanol–water partition coefficient (Wildman–Crippen LogP) is 3.30. The zero-order valence-corrected chi connectivity index (χ0v) is 8.29. The molecule has 0 aromatic carbocycles. The first-order valence-electron chi connectivity index (χ1n) is 5.35. The standard InChI is InChI=1S/C12H17N/c1-2-10-7-8-12(13-9-10)11-5-3-4-6-11/h7-9,11H,2-6H2,1H3. The van der Waals surface area contributed by atoms with Crippen LogP contribution >= 0.6 is 0 Å². The molecule has 1 heterocycles. The van der Waals surface area contributed by atoms with Gasteiger partial charge in [-0.05, 0) is 30.9 Å². The smallest absolute Gasteiger partial charge is 0.0434 e. The van der Waals surface area contributed by atoms with E-state index in [4.69, 9.17) is 0 Å². The number of hydrogen-bond acceptors (Lipinski definition) is 1. The van der Waals surface area contributed by atoms with E-state index in [2.05, 4.69) is 24.0 Å². The van der Waals surface area contributed by atoms with E-state index in [1.807, 2.05) is 6.20 Å². The molecule has 0 amide bonds. The minimum atomic E-state index is 0.755. The largest absolute Gasteiger partial charge is 0.261 e. The van der Waals surface area contributed by atoms with Crippen LogP contribution in [0, 0.1) is 0 Å². The van der Waals surface area contributed by atoms with Crippen molar-refractivity contribution in [2.45, 2.75) is 44.9 Å². The van der Waals surface area contributed by atoms with Crippen LogP contribution in [0.15, 0.2) is 18.3 Å². The van der Waals surface area contributed by atoms with Gasteiger partial charge in [-0.1, -0.05) is 25.8 Å². The summed E-state index contributed by atoms with van der Waals surface area (Å²) in [5, 5.41) is 0. The molecule has 0 aliphatic heterocycles. The first-order chi connectivity index (χ1) is 6.40. The van der Waals surface area contributed by atoms with E-state index in [0.29, 0.717) is 0 Å². The van der Waals surface area contributed by atoms with E-state index in [9.17, 15) is 0 Å². The van der Waals surface area contributed by atoms with Crippen molar-refractivity contribution in [1.29, 1.82) is 0 Å². The van der Waals surface area contributed by atoms with Crippen molar-refractivity contribution in [1.82, 2.24) is 4.98 Å². The number of hydrogen-bond donors (Lipinski definition) is 0. The molecule has 0 bridgehead atoms. The molecule has 1 saturated carbocycles. The second-order valence-electron chi connectivity index (χ2n) is 3.93. The van der Waals surface area contributed by atoms with Crippen molar-refractivity contribution in [3.63, 3.8) is 0 Å². The highest BCUT2D eigenvalue weighted by molar-refractivity contribution is 5.17. The molecule has 13 heavy (non-hydrogen) atoms. The Morgan fingerprint density at radius 2 is 2.08 bits per heavy atom. The van der Waals surface area contributed by atoms with Crippen LogP contribution in [0.2, 0.25) is 0 Å². The average molecular weight is 175 g/mol. The van der Waals surface area contributed by atoms with Crippen LogP contribution in [-0.4, -0.2) is 4.98 Å². The third-order valence-electron chi connectivity index (χ3n) is 3.03. The molecule has 1 aromatic rings. The number of rotatable bonds is 2. The Labute approximate surface area is 80.2 Å². The summed E-state index contributed by atoms with van der Waals surface area (Å²) < 4.78 is 0. The van der Waals surface area contributed by atoms with E-state index in [0.717, 1.165) is 12.3 Å². The predicted molar refractivity (Wildman–Crippen MR) is 54.8 cm³/mol. The van der Waals surface area contributed by atoms with Crippen molar-refractivity contribution >= 4 is 0 Å². The summed E-state index contributed by atoms with van der Waals surface area (Å²) in [4.78, 5) is 4.53. The van der Waals surface area contributed by atoms with E-state index in [1.165, 1.54) is 36.9 Å². The number of nitrogens with zero attached hydrogens (tertiary/aromatic N) is 1. The highest BCUT2D eigenvalue weighted by Gasteiger charge is 2.17. The van der Waals surface area contributed by atoms with Crippen LogP contribution in [0.4, 0.5) is 0 Å². The van der Waals surface area contributed by atoms with Crippen LogP contribution in [0.3, 0.4) is 0 Å². The minimum Gasteiger partial charge on any atom is -0.261 e. The van der Waals surface area contributed by atoms with Gasteiger partial charge in [0, 0.05) is 17.8 Å². The second kappa shape index (κ2) is 3.91. The van der Waals surface area contributed by atoms with Crippen molar-refractivity contribution in [3.8, 4) is 0 Å². The lowest BCUT2D eigenvalue weighted by Gasteiger charge is -2.07. The second-order valence-corrected chi connectivity index (χ2v) is 3.93. The van der Waals surface area contributed by atoms with Crippen LogP contribution in [-0.2, 0) is 6.42 Å². The summed E-state index contributed by atoms with van der Waals surface area (Å²) in [6, 6.07) is 4.44. The van der Waals surface area contributed by atoms with Crippen molar-refractivity contribution in [2.75, 3.05) is 0 Å². The molecule has 1 aliphatic carbocycles. The fraction of sp³-hybridized carbons (Fsp3) is 0.583. The maximum absolute atomic E-state index is 4.53. The topological polar surface area (TPSA) is 12.9 Å². The Morgan fingerprint density at radius 3 is 2.62 bits per heavy atom. The minimum absolute atomic E-state index is 0.755. The highest BCUT2D eigenvalue weighted by atomic mass is 14.7. The maximum atomic E-state index is 4.53. The van der Waals surface area contributed by atoms with Gasteiger partial charge in [0.15, 0.2) is 0 Å². The lowest BCUT2D eigenvalue weighted by Crippen LogP contribution is -1.96. The molecular weight excluding hydrogens is 158 g/mol. The van der Waals surface area contributed by atoms with Crippen molar-refractivity contribution in [2.24, 2.45) is 0 Å². The Bertz CT molecular complexity index is 257. The molecule has 1 fully saturated rings. The van der Waals surface area contributed by atoms with Crippen LogP contribution in [0.25, 0.3) is 0 Å². The average Bonchev–Trinajstić information content (AvgIpc) is 2.71. The van der Waals surface area contributed by atoms with E-state index < -0.39 is 0 Å². The molecule has 0 spiro atoms. The zero-order chi connectivity index (χ0) is 9.10. The monoisotopic (exact) mass is 175 g/mol. The summed E-state index contributed by atoms with van der Waals surface area (Å²) >= 11 is 0. The molecule has 0 saturated heterocycles. The Kier molecular flexibility index (Phi) is 2.62. The molecule has 2 rings (SSSR count). The molecule has 0 atom stereocenters. The van der Waals surface area contributed by atoms with Gasteiger partial charge in [-0.25, -0.2) is 0 Å². The van der Waals surface area contributed by atoms with Gasteiger partial charge in [0.05, 0.1) is 0 Å². The van der Waals surface area contributed by atoms with Gasteiger partial charge in [-0.3, -0.25) is 4.98 Å². The molecule has 1 heteroatoms. The van der Waals surface area contributed by atoms with Gasteiger partial charge in [0.1, 0.15) is 0 Å². The van der Waals surface area contributed by atoms with E-state index in [-0.39, 0.29) is 0 Å². The Morgan fingerprint density at radius 1 is 1.31 bits per heavy atom. The third kappa shape index (κ3) is 1.90. The fourth-order valence-electron chi connectivity index (χ4n) is 2.11. The molecule has 1 nitrogen and oxygen atoms in total. The summed E-state index contributed by atoms with van der Waals surface area (Å²) in [6.45, 7) is 2.17. The molecular formula is C12H17N. The summed E-state index contributed by atoms with van der Waals surface area (Å²) in [6.07, 6.45) is 8.60.